The van der Waals surface area contributed by atoms with Crippen LogP contribution in [0.4, 0.5) is 0 Å². The van der Waals surface area contributed by atoms with Crippen LogP contribution in [-0.4, -0.2) is 37.2 Å². The minimum absolute atomic E-state index is 0.0242. The zero-order chi connectivity index (χ0) is 15.5. The number of nitrogens with one attached hydrogen (secondary N) is 1. The summed E-state index contributed by atoms with van der Waals surface area (Å²) < 4.78 is 1.51. The molecule has 0 bridgehead atoms. The first kappa shape index (κ1) is 14.2. The first-order valence-electron chi connectivity index (χ1n) is 6.84. The Balaban J connectivity index is 1.85. The summed E-state index contributed by atoms with van der Waals surface area (Å²) in [6, 6.07) is 10.5. The van der Waals surface area contributed by atoms with Crippen molar-refractivity contribution in [2.45, 2.75) is 13.0 Å². The van der Waals surface area contributed by atoms with Crippen molar-refractivity contribution < 1.29 is 9.90 Å². The molecule has 0 spiro atoms. The molecule has 112 valence electrons. The lowest BCUT2D eigenvalue weighted by Crippen LogP contribution is -2.31. The summed E-state index contributed by atoms with van der Waals surface area (Å²) >= 11 is 0. The molecule has 7 heteroatoms. The van der Waals surface area contributed by atoms with E-state index in [-0.39, 0.29) is 12.4 Å². The molecule has 0 saturated carbocycles. The van der Waals surface area contributed by atoms with E-state index in [1.54, 1.807) is 12.3 Å². The highest BCUT2D eigenvalue weighted by molar-refractivity contribution is 5.91. The fourth-order valence-electron chi connectivity index (χ4n) is 2.15. The second-order valence-electron chi connectivity index (χ2n) is 4.85. The van der Waals surface area contributed by atoms with Gasteiger partial charge in [0.1, 0.15) is 0 Å². The van der Waals surface area contributed by atoms with E-state index in [4.69, 9.17) is 0 Å². The van der Waals surface area contributed by atoms with Crippen LogP contribution in [0.1, 0.15) is 27.9 Å². The highest BCUT2D eigenvalue weighted by atomic mass is 16.3. The van der Waals surface area contributed by atoms with Gasteiger partial charge in [0.25, 0.3) is 11.7 Å². The van der Waals surface area contributed by atoms with Crippen LogP contribution in [0.2, 0.25) is 0 Å². The molecule has 1 atom stereocenters. The van der Waals surface area contributed by atoms with Gasteiger partial charge in [-0.1, -0.05) is 30.3 Å². The van der Waals surface area contributed by atoms with Gasteiger partial charge >= 0.3 is 0 Å². The van der Waals surface area contributed by atoms with E-state index in [1.165, 1.54) is 4.52 Å². The van der Waals surface area contributed by atoms with Crippen LogP contribution in [0.5, 0.6) is 0 Å². The number of benzene rings is 1. The number of carbonyl (C=O) groups excluding carboxylic acids is 1. The molecule has 7 nitrogen and oxygen atoms in total. The van der Waals surface area contributed by atoms with Gasteiger partial charge in [0.2, 0.25) is 5.82 Å². The van der Waals surface area contributed by atoms with Crippen molar-refractivity contribution in [3.63, 3.8) is 0 Å². The lowest BCUT2D eigenvalue weighted by molar-refractivity contribution is 0.0906. The number of aliphatic hydroxyl groups is 1. The van der Waals surface area contributed by atoms with Gasteiger partial charge in [-0.15, -0.1) is 5.10 Å². The Morgan fingerprint density at radius 2 is 2.09 bits per heavy atom. The molecule has 2 aromatic heterocycles. The van der Waals surface area contributed by atoms with Crippen LogP contribution in [0.15, 0.2) is 42.6 Å². The van der Waals surface area contributed by atoms with E-state index in [0.717, 1.165) is 11.3 Å². The van der Waals surface area contributed by atoms with Gasteiger partial charge in [-0.05, 0) is 18.6 Å². The molecule has 22 heavy (non-hydrogen) atoms. The van der Waals surface area contributed by atoms with Gasteiger partial charge in [0, 0.05) is 11.9 Å². The summed E-state index contributed by atoms with van der Waals surface area (Å²) in [5.74, 6) is -0.0607. The normalized spacial score (nSPS) is 12.3. The van der Waals surface area contributed by atoms with Crippen LogP contribution in [-0.2, 0) is 0 Å². The number of aryl methyl sites for hydroxylation is 1. The molecule has 2 N–H and O–H groups in total. The Morgan fingerprint density at radius 1 is 1.32 bits per heavy atom. The predicted octanol–water partition coefficient (Wildman–Crippen LogP) is 0.896. The van der Waals surface area contributed by atoms with Crippen LogP contribution in [0, 0.1) is 6.92 Å². The van der Waals surface area contributed by atoms with E-state index < -0.39 is 11.9 Å². The molecule has 0 aliphatic carbocycles. The third-order valence-electron chi connectivity index (χ3n) is 3.32. The Kier molecular flexibility index (Phi) is 3.80. The molecule has 0 aliphatic rings. The van der Waals surface area contributed by atoms with Crippen LogP contribution >= 0.6 is 0 Å². The topological polar surface area (TPSA) is 92.4 Å². The number of aliphatic hydroxyl groups excluding tert-OH is 1. The Labute approximate surface area is 126 Å². The number of nitrogens with zero attached hydrogens (tertiary/aromatic N) is 4. The van der Waals surface area contributed by atoms with Gasteiger partial charge < -0.3 is 10.4 Å². The second-order valence-corrected chi connectivity index (χ2v) is 4.85. The smallest absolute Gasteiger partial charge is 0.291 e. The standard InChI is InChI=1S/C15H15N5O2/c1-10-7-8-16-15-18-13(19-20(10)15)14(22)17-12(9-21)11-5-3-2-4-6-11/h2-8,12,21H,9H2,1H3,(H,17,22). The first-order valence-corrected chi connectivity index (χ1v) is 6.84. The van der Waals surface area contributed by atoms with Gasteiger partial charge in [-0.3, -0.25) is 4.79 Å². The number of carbonyl (C=O) groups is 1. The number of amides is 1. The van der Waals surface area contributed by atoms with Crippen molar-refractivity contribution in [2.24, 2.45) is 0 Å². The maximum absolute atomic E-state index is 12.3. The van der Waals surface area contributed by atoms with E-state index in [1.807, 2.05) is 37.3 Å². The predicted molar refractivity (Wildman–Crippen MR) is 79.3 cm³/mol. The van der Waals surface area contributed by atoms with E-state index >= 15 is 0 Å². The second kappa shape index (κ2) is 5.90. The molecule has 0 saturated heterocycles. The molecule has 2 heterocycles. The lowest BCUT2D eigenvalue weighted by atomic mass is 10.1. The van der Waals surface area contributed by atoms with E-state index in [2.05, 4.69) is 20.4 Å². The fourth-order valence-corrected chi connectivity index (χ4v) is 2.15. The zero-order valence-electron chi connectivity index (χ0n) is 12.0. The molecule has 0 aliphatic heterocycles. The average molecular weight is 297 g/mol. The highest BCUT2D eigenvalue weighted by Gasteiger charge is 2.19. The van der Waals surface area contributed by atoms with Crippen molar-refractivity contribution in [1.29, 1.82) is 0 Å². The van der Waals surface area contributed by atoms with Crippen molar-refractivity contribution in [2.75, 3.05) is 6.61 Å². The largest absolute Gasteiger partial charge is 0.394 e. The molecule has 1 unspecified atom stereocenters. The van der Waals surface area contributed by atoms with Crippen LogP contribution in [0.25, 0.3) is 5.78 Å². The Morgan fingerprint density at radius 3 is 2.77 bits per heavy atom. The SMILES string of the molecule is Cc1ccnc2nc(C(=O)NC(CO)c3ccccc3)nn12. The van der Waals surface area contributed by atoms with Crippen LogP contribution in [0.3, 0.4) is 0 Å². The van der Waals surface area contributed by atoms with Gasteiger partial charge in [0.05, 0.1) is 12.6 Å². The summed E-state index contributed by atoms with van der Waals surface area (Å²) in [4.78, 5) is 20.4. The minimum Gasteiger partial charge on any atom is -0.394 e. The summed E-state index contributed by atoms with van der Waals surface area (Å²) in [7, 11) is 0. The van der Waals surface area contributed by atoms with Crippen molar-refractivity contribution in [3.05, 3.63) is 59.7 Å². The summed E-state index contributed by atoms with van der Waals surface area (Å²) in [6.07, 6.45) is 1.61. The fraction of sp³-hybridized carbons (Fsp3) is 0.200. The van der Waals surface area contributed by atoms with Gasteiger partial charge in [0.15, 0.2) is 0 Å². The van der Waals surface area contributed by atoms with Crippen molar-refractivity contribution in [3.8, 4) is 0 Å². The average Bonchev–Trinajstić information content (AvgIpc) is 2.99. The third-order valence-corrected chi connectivity index (χ3v) is 3.32. The number of aromatic nitrogens is 4. The summed E-state index contributed by atoms with van der Waals surface area (Å²) in [6.45, 7) is 1.64. The maximum Gasteiger partial charge on any atom is 0.291 e. The molecular weight excluding hydrogens is 282 g/mol. The van der Waals surface area contributed by atoms with Gasteiger partial charge in [-0.2, -0.15) is 4.98 Å². The lowest BCUT2D eigenvalue weighted by Gasteiger charge is -2.15. The Bertz CT molecular complexity index is 800. The van der Waals surface area contributed by atoms with E-state index in [9.17, 15) is 9.90 Å². The number of hydrogen-bond donors (Lipinski definition) is 2. The zero-order valence-corrected chi connectivity index (χ0v) is 12.0. The van der Waals surface area contributed by atoms with Gasteiger partial charge in [-0.25, -0.2) is 9.50 Å². The number of rotatable bonds is 4. The van der Waals surface area contributed by atoms with E-state index in [0.29, 0.717) is 5.78 Å². The molecule has 3 rings (SSSR count). The number of hydrogen-bond acceptors (Lipinski definition) is 5. The number of fused-ring (bicyclic) bond motifs is 1. The molecule has 0 radical (unpaired) electrons. The minimum atomic E-state index is -0.505. The summed E-state index contributed by atoms with van der Waals surface area (Å²) in [5.41, 5.74) is 1.65. The quantitative estimate of drug-likeness (QED) is 0.746. The van der Waals surface area contributed by atoms with Crippen molar-refractivity contribution >= 4 is 11.7 Å². The molecule has 1 aromatic carbocycles. The highest BCUT2D eigenvalue weighted by Crippen LogP contribution is 2.12. The molecular formula is C15H15N5O2. The summed E-state index contributed by atoms with van der Waals surface area (Å²) in [5, 5.41) is 16.4. The molecule has 1 amide bonds. The first-order chi connectivity index (χ1) is 10.7. The molecule has 0 fully saturated rings. The maximum atomic E-state index is 12.3. The molecule has 3 aromatic rings. The van der Waals surface area contributed by atoms with Crippen LogP contribution < -0.4 is 5.32 Å². The van der Waals surface area contributed by atoms with Crippen molar-refractivity contribution in [1.82, 2.24) is 24.9 Å². The third kappa shape index (κ3) is 2.66. The Hall–Kier alpha value is -2.80. The monoisotopic (exact) mass is 297 g/mol.